The van der Waals surface area contributed by atoms with Crippen molar-refractivity contribution in [2.45, 2.75) is 50.9 Å². The minimum Gasteiger partial charge on any atom is -0.449 e. The van der Waals surface area contributed by atoms with Gasteiger partial charge >= 0.3 is 6.16 Å². The number of nitrogens with zero attached hydrogens (tertiary/aromatic N) is 1. The molecule has 0 spiro atoms. The molecule has 1 aromatic heterocycles. The number of alkyl halides is 1. The molecule has 1 heterocycles. The van der Waals surface area contributed by atoms with Crippen LogP contribution >= 0.6 is 22.9 Å². The predicted molar refractivity (Wildman–Crippen MR) is 113 cm³/mol. The van der Waals surface area contributed by atoms with Crippen LogP contribution in [0, 0.1) is 5.92 Å². The number of carbonyl (C=O) groups excluding carboxylic acids is 1. The molecule has 3 rings (SSSR count). The van der Waals surface area contributed by atoms with E-state index in [9.17, 15) is 14.7 Å². The van der Waals surface area contributed by atoms with Gasteiger partial charge in [-0.25, -0.2) is 4.79 Å². The Morgan fingerprint density at radius 2 is 1.82 bits per heavy atom. The quantitative estimate of drug-likeness (QED) is 0.474. The Bertz CT molecular complexity index is 828. The summed E-state index contributed by atoms with van der Waals surface area (Å²) in [5, 5.41) is 9.53. The lowest BCUT2D eigenvalue weighted by molar-refractivity contribution is -0.123. The highest BCUT2D eigenvalue weighted by Gasteiger charge is 2.33. The molecular weight excluding hydrogens is 398 g/mol. The van der Waals surface area contributed by atoms with Crippen molar-refractivity contribution in [1.29, 1.82) is 0 Å². The van der Waals surface area contributed by atoms with Gasteiger partial charge in [-0.1, -0.05) is 41.7 Å². The number of ether oxygens (including phenoxy) is 1. The van der Waals surface area contributed by atoms with E-state index in [2.05, 4.69) is 0 Å². The first-order valence-corrected chi connectivity index (χ1v) is 10.7. The van der Waals surface area contributed by atoms with E-state index in [1.807, 2.05) is 50.2 Å². The monoisotopic (exact) mass is 421 g/mol. The van der Waals surface area contributed by atoms with Crippen LogP contribution in [0.4, 0.5) is 10.5 Å². The zero-order chi connectivity index (χ0) is 20.3. The van der Waals surface area contributed by atoms with E-state index in [0.717, 1.165) is 36.1 Å². The van der Waals surface area contributed by atoms with Crippen molar-refractivity contribution < 1.29 is 19.4 Å². The highest BCUT2D eigenvalue weighted by Crippen LogP contribution is 2.44. The Labute approximate surface area is 173 Å². The Morgan fingerprint density at radius 1 is 1.18 bits per heavy atom. The molecule has 0 radical (unpaired) electrons. The largest absolute Gasteiger partial charge is 0.512 e. The molecule has 28 heavy (non-hydrogen) atoms. The molecule has 1 amide bonds. The van der Waals surface area contributed by atoms with Crippen LogP contribution in [0.2, 0.25) is 0 Å². The first kappa shape index (κ1) is 20.7. The number of hydrogen-bond acceptors (Lipinski definition) is 4. The first-order valence-electron chi connectivity index (χ1n) is 9.44. The van der Waals surface area contributed by atoms with Gasteiger partial charge in [-0.2, -0.15) is 0 Å². The van der Waals surface area contributed by atoms with Crippen LogP contribution in [0.3, 0.4) is 0 Å². The highest BCUT2D eigenvalue weighted by molar-refractivity contribution is 7.18. The lowest BCUT2D eigenvalue weighted by atomic mass is 9.87. The molecule has 1 saturated carbocycles. The maximum absolute atomic E-state index is 13.3. The van der Waals surface area contributed by atoms with Gasteiger partial charge in [-0.15, -0.1) is 11.6 Å². The molecule has 1 aromatic carbocycles. The van der Waals surface area contributed by atoms with Gasteiger partial charge < -0.3 is 14.7 Å². The smallest absolute Gasteiger partial charge is 0.449 e. The molecule has 1 aliphatic rings. The highest BCUT2D eigenvalue weighted by atomic mass is 35.5. The van der Waals surface area contributed by atoms with Gasteiger partial charge in [-0.3, -0.25) is 4.79 Å². The van der Waals surface area contributed by atoms with Crippen LogP contribution in [-0.2, 0) is 4.79 Å². The number of amides is 1. The summed E-state index contributed by atoms with van der Waals surface area (Å²) >= 11 is 7.42. The first-order chi connectivity index (χ1) is 13.4. The maximum atomic E-state index is 13.3. The zero-order valence-electron chi connectivity index (χ0n) is 15.9. The molecule has 0 atom stereocenters. The number of anilines is 1. The second-order valence-electron chi connectivity index (χ2n) is 7.27. The molecular formula is C21H24ClNO4S. The molecule has 0 bridgehead atoms. The summed E-state index contributed by atoms with van der Waals surface area (Å²) < 4.78 is 5.05. The fourth-order valence-electron chi connectivity index (χ4n) is 3.58. The van der Waals surface area contributed by atoms with E-state index in [1.165, 1.54) is 11.3 Å². The number of hydrogen-bond donors (Lipinski definition) is 1. The molecule has 5 nitrogen and oxygen atoms in total. The molecule has 2 aromatic rings. The summed E-state index contributed by atoms with van der Waals surface area (Å²) in [6.45, 7) is 3.85. The third-order valence-electron chi connectivity index (χ3n) is 4.94. The minimum atomic E-state index is -1.39. The molecule has 1 aliphatic carbocycles. The molecule has 0 aliphatic heterocycles. The van der Waals surface area contributed by atoms with Crippen LogP contribution in [0.1, 0.15) is 39.5 Å². The van der Waals surface area contributed by atoms with E-state index in [0.29, 0.717) is 5.69 Å². The standard InChI is InChI=1S/C21H24ClNO4S/c1-13(2)23(19(24)15-8-10-16(22)11-9-15)17-12-18(14-6-4-3-5-7-14)28-20(17)27-21(25)26/h3-7,12-13,15-16H,8-11H2,1-2H3,(H,25,26). The van der Waals surface area contributed by atoms with Crippen molar-refractivity contribution >= 4 is 40.7 Å². The Hall–Kier alpha value is -2.05. The van der Waals surface area contributed by atoms with E-state index in [4.69, 9.17) is 16.3 Å². The van der Waals surface area contributed by atoms with Crippen molar-refractivity contribution in [1.82, 2.24) is 0 Å². The van der Waals surface area contributed by atoms with E-state index >= 15 is 0 Å². The van der Waals surface area contributed by atoms with Gasteiger partial charge in [0.15, 0.2) is 0 Å². The number of rotatable bonds is 5. The van der Waals surface area contributed by atoms with E-state index in [-0.39, 0.29) is 28.3 Å². The van der Waals surface area contributed by atoms with Crippen molar-refractivity contribution in [3.05, 3.63) is 36.4 Å². The third-order valence-corrected chi connectivity index (χ3v) is 6.43. The van der Waals surface area contributed by atoms with Gasteiger partial charge in [-0.05, 0) is 51.2 Å². The van der Waals surface area contributed by atoms with Crippen LogP contribution in [0.15, 0.2) is 36.4 Å². The summed E-state index contributed by atoms with van der Waals surface area (Å²) in [5.74, 6) is -0.0960. The Morgan fingerprint density at radius 3 is 2.39 bits per heavy atom. The van der Waals surface area contributed by atoms with E-state index < -0.39 is 6.16 Å². The van der Waals surface area contributed by atoms with Gasteiger partial charge in [0.1, 0.15) is 0 Å². The zero-order valence-corrected chi connectivity index (χ0v) is 17.5. The van der Waals surface area contributed by atoms with Gasteiger partial charge in [0, 0.05) is 22.2 Å². The molecule has 1 N–H and O–H groups in total. The van der Waals surface area contributed by atoms with Crippen molar-refractivity contribution in [3.63, 3.8) is 0 Å². The lowest BCUT2D eigenvalue weighted by Crippen LogP contribution is -2.42. The summed E-state index contributed by atoms with van der Waals surface area (Å²) in [7, 11) is 0. The Kier molecular flexibility index (Phi) is 6.62. The molecule has 0 saturated heterocycles. The van der Waals surface area contributed by atoms with Gasteiger partial charge in [0.05, 0.1) is 5.69 Å². The second-order valence-corrected chi connectivity index (χ2v) is 8.90. The predicted octanol–water partition coefficient (Wildman–Crippen LogP) is 6.01. The summed E-state index contributed by atoms with van der Waals surface area (Å²) in [4.78, 5) is 27.1. The van der Waals surface area contributed by atoms with Crippen molar-refractivity contribution in [2.75, 3.05) is 4.90 Å². The molecule has 1 fully saturated rings. The fraction of sp³-hybridized carbons (Fsp3) is 0.429. The Balaban J connectivity index is 1.98. The van der Waals surface area contributed by atoms with Crippen molar-refractivity contribution in [2.24, 2.45) is 5.92 Å². The summed E-state index contributed by atoms with van der Waals surface area (Å²) in [5.41, 5.74) is 1.46. The summed E-state index contributed by atoms with van der Waals surface area (Å²) in [6, 6.07) is 11.4. The third kappa shape index (κ3) is 4.67. The van der Waals surface area contributed by atoms with Crippen LogP contribution in [-0.4, -0.2) is 28.6 Å². The number of carbonyl (C=O) groups is 2. The van der Waals surface area contributed by atoms with Crippen molar-refractivity contribution in [3.8, 4) is 15.5 Å². The SMILES string of the molecule is CC(C)N(C(=O)C1CCC(Cl)CC1)c1cc(-c2ccccc2)sc1OC(=O)O. The molecule has 0 unspecified atom stereocenters. The van der Waals surface area contributed by atoms with Crippen LogP contribution < -0.4 is 9.64 Å². The maximum Gasteiger partial charge on any atom is 0.512 e. The average molecular weight is 422 g/mol. The molecule has 7 heteroatoms. The van der Waals surface area contributed by atoms with Gasteiger partial charge in [0.25, 0.3) is 0 Å². The van der Waals surface area contributed by atoms with Gasteiger partial charge in [0.2, 0.25) is 11.0 Å². The topological polar surface area (TPSA) is 66.8 Å². The van der Waals surface area contributed by atoms with Crippen LogP contribution in [0.5, 0.6) is 5.06 Å². The number of halogens is 1. The lowest BCUT2D eigenvalue weighted by Gasteiger charge is -2.32. The fourth-order valence-corrected chi connectivity index (χ4v) is 4.83. The summed E-state index contributed by atoms with van der Waals surface area (Å²) in [6.07, 6.45) is 1.76. The van der Waals surface area contributed by atoms with E-state index in [1.54, 1.807) is 4.90 Å². The number of carboxylic acid groups (broad SMARTS) is 1. The minimum absolute atomic E-state index is 0.00576. The molecule has 150 valence electrons. The average Bonchev–Trinajstić information content (AvgIpc) is 3.05. The van der Waals surface area contributed by atoms with Crippen LogP contribution in [0.25, 0.3) is 10.4 Å². The number of benzene rings is 1. The normalized spacial score (nSPS) is 19.4. The second kappa shape index (κ2) is 8.97. The number of thiophene rings is 1.